The van der Waals surface area contributed by atoms with Crippen molar-refractivity contribution in [3.05, 3.63) is 34.5 Å². The van der Waals surface area contributed by atoms with Gasteiger partial charge in [0, 0.05) is 25.8 Å². The first-order chi connectivity index (χ1) is 8.70. The summed E-state index contributed by atoms with van der Waals surface area (Å²) in [6.07, 6.45) is 5.15. The minimum absolute atomic E-state index is 0.740. The van der Waals surface area contributed by atoms with E-state index in [2.05, 4.69) is 41.2 Å². The molecular weight excluding hydrogens is 246 g/mol. The van der Waals surface area contributed by atoms with Gasteiger partial charge < -0.3 is 10.2 Å². The fourth-order valence-corrected chi connectivity index (χ4v) is 2.31. The van der Waals surface area contributed by atoms with Crippen molar-refractivity contribution in [3.8, 4) is 0 Å². The zero-order chi connectivity index (χ0) is 13.0. The molecule has 1 N–H and O–H groups in total. The van der Waals surface area contributed by atoms with Gasteiger partial charge in [0.15, 0.2) is 0 Å². The molecule has 98 valence electrons. The second-order valence-electron chi connectivity index (χ2n) is 4.67. The molecule has 0 atom stereocenters. The third-order valence-electron chi connectivity index (χ3n) is 3.14. The van der Waals surface area contributed by atoms with Gasteiger partial charge in [-0.25, -0.2) is 4.98 Å². The number of halogens is 1. The maximum Gasteiger partial charge on any atom is 0.129 e. The van der Waals surface area contributed by atoms with Gasteiger partial charge in [-0.3, -0.25) is 0 Å². The van der Waals surface area contributed by atoms with Crippen LogP contribution in [0.15, 0.2) is 23.9 Å². The summed E-state index contributed by atoms with van der Waals surface area (Å²) >= 11 is 6.17. The molecule has 1 aromatic heterocycles. The van der Waals surface area contributed by atoms with Gasteiger partial charge in [0.1, 0.15) is 5.82 Å². The van der Waals surface area contributed by atoms with Gasteiger partial charge in [-0.1, -0.05) is 30.2 Å². The largest absolute Gasteiger partial charge is 0.352 e. The van der Waals surface area contributed by atoms with Gasteiger partial charge in [-0.2, -0.15) is 0 Å². The molecule has 1 aliphatic rings. The third-order valence-corrected chi connectivity index (χ3v) is 3.48. The van der Waals surface area contributed by atoms with E-state index < -0.39 is 0 Å². The zero-order valence-electron chi connectivity index (χ0n) is 11.0. The van der Waals surface area contributed by atoms with Crippen molar-refractivity contribution in [2.75, 3.05) is 24.5 Å². The first kappa shape index (κ1) is 13.4. The van der Waals surface area contributed by atoms with Gasteiger partial charge >= 0.3 is 0 Å². The molecule has 0 spiro atoms. The number of nitrogens with one attached hydrogen (secondary N) is 1. The Hall–Kier alpha value is -1.06. The molecule has 0 aromatic carbocycles. The van der Waals surface area contributed by atoms with Crippen LogP contribution >= 0.6 is 11.6 Å². The predicted octanol–water partition coefficient (Wildman–Crippen LogP) is 3.00. The minimum atomic E-state index is 0.740. The average molecular weight is 266 g/mol. The smallest absolute Gasteiger partial charge is 0.129 e. The molecule has 2 rings (SSSR count). The molecule has 0 aliphatic carbocycles. The molecule has 1 aliphatic heterocycles. The summed E-state index contributed by atoms with van der Waals surface area (Å²) in [5.41, 5.74) is 2.53. The average Bonchev–Trinajstić information content (AvgIpc) is 2.38. The quantitative estimate of drug-likeness (QED) is 0.849. The molecule has 1 aromatic rings. The van der Waals surface area contributed by atoms with Crippen LogP contribution in [0.25, 0.3) is 0 Å². The van der Waals surface area contributed by atoms with E-state index in [9.17, 15) is 0 Å². The number of pyridine rings is 1. The van der Waals surface area contributed by atoms with Crippen LogP contribution in [0, 0.1) is 0 Å². The van der Waals surface area contributed by atoms with Gasteiger partial charge in [0.2, 0.25) is 0 Å². The van der Waals surface area contributed by atoms with Crippen molar-refractivity contribution in [1.29, 1.82) is 0 Å². The Labute approximate surface area is 114 Å². The van der Waals surface area contributed by atoms with Crippen molar-refractivity contribution in [2.24, 2.45) is 0 Å². The van der Waals surface area contributed by atoms with Crippen molar-refractivity contribution in [3.63, 3.8) is 0 Å². The van der Waals surface area contributed by atoms with E-state index in [1.54, 1.807) is 6.20 Å². The summed E-state index contributed by atoms with van der Waals surface area (Å²) < 4.78 is 0. The summed E-state index contributed by atoms with van der Waals surface area (Å²) in [6, 6.07) is 2.10. The van der Waals surface area contributed by atoms with Crippen LogP contribution in [0.4, 0.5) is 5.82 Å². The summed E-state index contributed by atoms with van der Waals surface area (Å²) in [5, 5.41) is 4.04. The summed E-state index contributed by atoms with van der Waals surface area (Å²) in [6.45, 7) is 8.01. The normalized spacial score (nSPS) is 15.7. The lowest BCUT2D eigenvalue weighted by Crippen LogP contribution is -2.30. The fourth-order valence-electron chi connectivity index (χ4n) is 2.14. The second kappa shape index (κ2) is 6.21. The van der Waals surface area contributed by atoms with Crippen LogP contribution in [0.3, 0.4) is 0 Å². The number of hydrogen-bond donors (Lipinski definition) is 1. The van der Waals surface area contributed by atoms with Gasteiger partial charge in [0.05, 0.1) is 5.02 Å². The Morgan fingerprint density at radius 1 is 1.50 bits per heavy atom. The van der Waals surface area contributed by atoms with Gasteiger partial charge in [-0.15, -0.1) is 0 Å². The fraction of sp³-hybridized carbons (Fsp3) is 0.500. The molecule has 0 bridgehead atoms. The first-order valence-corrected chi connectivity index (χ1v) is 6.84. The number of rotatable bonds is 4. The zero-order valence-corrected chi connectivity index (χ0v) is 11.8. The molecule has 0 fully saturated rings. The number of anilines is 1. The Kier molecular flexibility index (Phi) is 4.61. The van der Waals surface area contributed by atoms with E-state index in [0.717, 1.165) is 49.0 Å². The molecular formula is C14H20ClN3. The molecule has 0 saturated heterocycles. The molecule has 0 unspecified atom stereocenters. The van der Waals surface area contributed by atoms with E-state index >= 15 is 0 Å². The van der Waals surface area contributed by atoms with Crippen LogP contribution in [-0.2, 0) is 6.54 Å². The highest BCUT2D eigenvalue weighted by molar-refractivity contribution is 6.31. The van der Waals surface area contributed by atoms with E-state index in [1.807, 2.05) is 0 Å². The van der Waals surface area contributed by atoms with Crippen LogP contribution in [0.5, 0.6) is 0 Å². The van der Waals surface area contributed by atoms with Crippen LogP contribution in [0.1, 0.15) is 25.8 Å². The Morgan fingerprint density at radius 3 is 3.06 bits per heavy atom. The Balaban J connectivity index is 2.16. The van der Waals surface area contributed by atoms with E-state index in [0.29, 0.717) is 0 Å². The molecule has 0 radical (unpaired) electrons. The van der Waals surface area contributed by atoms with Crippen molar-refractivity contribution in [1.82, 2.24) is 10.3 Å². The monoisotopic (exact) mass is 265 g/mol. The van der Waals surface area contributed by atoms with Gasteiger partial charge in [0.25, 0.3) is 0 Å². The maximum absolute atomic E-state index is 6.17. The molecule has 3 nitrogen and oxygen atoms in total. The van der Waals surface area contributed by atoms with E-state index in [-0.39, 0.29) is 0 Å². The molecule has 0 saturated carbocycles. The van der Waals surface area contributed by atoms with Crippen molar-refractivity contribution in [2.45, 2.75) is 26.8 Å². The number of aromatic nitrogens is 1. The van der Waals surface area contributed by atoms with Crippen LogP contribution in [0.2, 0.25) is 5.02 Å². The van der Waals surface area contributed by atoms with E-state index in [1.165, 1.54) is 5.57 Å². The van der Waals surface area contributed by atoms with Gasteiger partial charge in [-0.05, 0) is 31.5 Å². The summed E-state index contributed by atoms with van der Waals surface area (Å²) in [4.78, 5) is 6.75. The lowest BCUT2D eigenvalue weighted by molar-refractivity contribution is 0.723. The van der Waals surface area contributed by atoms with Crippen LogP contribution < -0.4 is 10.2 Å². The van der Waals surface area contributed by atoms with E-state index in [4.69, 9.17) is 11.6 Å². The van der Waals surface area contributed by atoms with Crippen molar-refractivity contribution < 1.29 is 0 Å². The summed E-state index contributed by atoms with van der Waals surface area (Å²) in [5.74, 6) is 1.03. The SMILES string of the molecule is CCNCc1cc(N2CCC=C(C)C2)ncc1Cl. The Bertz CT molecular complexity index is 443. The number of nitrogens with zero attached hydrogens (tertiary/aromatic N) is 2. The molecule has 4 heteroatoms. The summed E-state index contributed by atoms with van der Waals surface area (Å²) in [7, 11) is 0. The highest BCUT2D eigenvalue weighted by atomic mass is 35.5. The number of hydrogen-bond acceptors (Lipinski definition) is 3. The maximum atomic E-state index is 6.17. The lowest BCUT2D eigenvalue weighted by Gasteiger charge is -2.27. The molecule has 2 heterocycles. The highest BCUT2D eigenvalue weighted by Gasteiger charge is 2.13. The van der Waals surface area contributed by atoms with Crippen LogP contribution in [-0.4, -0.2) is 24.6 Å². The standard InChI is InChI=1S/C14H20ClN3/c1-3-16-8-12-7-14(17-9-13(12)15)18-6-4-5-11(2)10-18/h5,7,9,16H,3-4,6,8,10H2,1-2H3. The molecule has 18 heavy (non-hydrogen) atoms. The third kappa shape index (κ3) is 3.24. The first-order valence-electron chi connectivity index (χ1n) is 6.46. The minimum Gasteiger partial charge on any atom is -0.352 e. The predicted molar refractivity (Wildman–Crippen MR) is 77.2 cm³/mol. The topological polar surface area (TPSA) is 28.2 Å². The highest BCUT2D eigenvalue weighted by Crippen LogP contribution is 2.22. The molecule has 0 amide bonds. The lowest BCUT2D eigenvalue weighted by atomic mass is 10.1. The van der Waals surface area contributed by atoms with Crippen molar-refractivity contribution >= 4 is 17.4 Å². The second-order valence-corrected chi connectivity index (χ2v) is 5.08. The Morgan fingerprint density at radius 2 is 2.33 bits per heavy atom.